The summed E-state index contributed by atoms with van der Waals surface area (Å²) in [5.74, 6) is 0. The van der Waals surface area contributed by atoms with Crippen LogP contribution in [0.15, 0.2) is 0 Å². The molecule has 0 spiro atoms. The Labute approximate surface area is 296 Å². The van der Waals surface area contributed by atoms with Gasteiger partial charge in [0.1, 0.15) is 0 Å². The first-order valence-corrected chi connectivity index (χ1v) is 20.0. The van der Waals surface area contributed by atoms with E-state index in [0.717, 1.165) is 38.5 Å². The van der Waals surface area contributed by atoms with Crippen LogP contribution in [0.5, 0.6) is 0 Å². The Kier molecular flexibility index (Phi) is 35.0. The van der Waals surface area contributed by atoms with Crippen LogP contribution in [-0.4, -0.2) is 85.7 Å². The van der Waals surface area contributed by atoms with Crippen molar-refractivity contribution in [3.63, 3.8) is 0 Å². The van der Waals surface area contributed by atoms with Gasteiger partial charge in [-0.15, -0.1) is 0 Å². The fourth-order valence-corrected chi connectivity index (χ4v) is 6.58. The van der Waals surface area contributed by atoms with E-state index < -0.39 is 29.3 Å². The summed E-state index contributed by atoms with van der Waals surface area (Å²) in [5, 5.41) is 17.0. The van der Waals surface area contributed by atoms with Crippen molar-refractivity contribution in [1.82, 2.24) is 0 Å². The van der Waals surface area contributed by atoms with Crippen LogP contribution in [0.3, 0.4) is 0 Å². The Morgan fingerprint density at radius 3 is 0.556 bits per heavy atom. The minimum atomic E-state index is -3.50. The van der Waals surface area contributed by atoms with Crippen LogP contribution >= 0.6 is 0 Å². The van der Waals surface area contributed by atoms with Crippen LogP contribution in [-0.2, 0) is 48.3 Å². The molecule has 0 amide bonds. The molecule has 6 atom stereocenters. The molecule has 45 heavy (non-hydrogen) atoms. The first kappa shape index (κ1) is 55.2. The molecule has 0 aliphatic rings. The van der Waals surface area contributed by atoms with E-state index in [1.165, 1.54) is 0 Å². The van der Waals surface area contributed by atoms with Crippen molar-refractivity contribution in [2.24, 2.45) is 0 Å². The summed E-state index contributed by atoms with van der Waals surface area (Å²) in [6, 6.07) is 0. The molecule has 0 aliphatic carbocycles. The zero-order chi connectivity index (χ0) is 35.9. The molecule has 0 heterocycles. The van der Waals surface area contributed by atoms with Crippen molar-refractivity contribution in [1.29, 1.82) is 0 Å². The van der Waals surface area contributed by atoms with Crippen LogP contribution in [0.25, 0.3) is 0 Å². The zero-order valence-corrected chi connectivity index (χ0v) is 36.0. The minimum absolute atomic E-state index is 0. The second-order valence-corrected chi connectivity index (χ2v) is 16.9. The van der Waals surface area contributed by atoms with Crippen molar-refractivity contribution in [2.45, 2.75) is 211 Å². The van der Waals surface area contributed by atoms with Gasteiger partial charge in [0.15, 0.2) is 0 Å². The van der Waals surface area contributed by atoms with E-state index in [0.29, 0.717) is 0 Å². The molecule has 0 aromatic carbocycles. The molecule has 0 saturated carbocycles. The molecule has 6 unspecified atom stereocenters. The SMILES string of the molecule is CC(C)(C)O.CC(C)(C)O.CCC(C)O[Si](O)(OC(C)CC)OC(C)CC.CCC(C)O[Si](O)(OC(C)CC)OC(C)CC.[Ti]. The van der Waals surface area contributed by atoms with Crippen molar-refractivity contribution in [3.05, 3.63) is 0 Å². The van der Waals surface area contributed by atoms with Crippen LogP contribution < -0.4 is 0 Å². The number of hydrogen-bond acceptors (Lipinski definition) is 10. The smallest absolute Gasteiger partial charge is 0.391 e. The van der Waals surface area contributed by atoms with Crippen molar-refractivity contribution in [2.75, 3.05) is 0 Å². The monoisotopic (exact) mass is 724 g/mol. The molecule has 0 bridgehead atoms. The van der Waals surface area contributed by atoms with Crippen molar-refractivity contribution in [3.8, 4) is 0 Å². The summed E-state index contributed by atoms with van der Waals surface area (Å²) < 4.78 is 33.5. The summed E-state index contributed by atoms with van der Waals surface area (Å²) in [6.07, 6.45) is 4.60. The third-order valence-corrected chi connectivity index (χ3v) is 9.75. The summed E-state index contributed by atoms with van der Waals surface area (Å²) in [6.45, 7) is 34.0. The van der Waals surface area contributed by atoms with Gasteiger partial charge in [-0.25, -0.2) is 0 Å². The predicted molar refractivity (Wildman–Crippen MR) is 185 cm³/mol. The van der Waals surface area contributed by atoms with E-state index in [1.54, 1.807) is 41.5 Å². The molecule has 0 saturated heterocycles. The van der Waals surface area contributed by atoms with Crippen molar-refractivity contribution < 1.29 is 68.1 Å². The number of rotatable bonds is 18. The van der Waals surface area contributed by atoms with E-state index in [9.17, 15) is 9.59 Å². The molecule has 276 valence electrons. The fourth-order valence-electron chi connectivity index (χ4n) is 2.19. The molecule has 0 aromatic rings. The van der Waals surface area contributed by atoms with Gasteiger partial charge in [-0.2, -0.15) is 0 Å². The topological polar surface area (TPSA) is 136 Å². The normalized spacial score (nSPS) is 18.3. The fraction of sp³-hybridized carbons (Fsp3) is 1.00. The van der Waals surface area contributed by atoms with Crippen LogP contribution in [0.4, 0.5) is 0 Å². The first-order chi connectivity index (χ1) is 19.7. The van der Waals surface area contributed by atoms with Gasteiger partial charge in [-0.1, -0.05) is 41.5 Å². The van der Waals surface area contributed by atoms with Gasteiger partial charge < -0.3 is 46.4 Å². The maximum atomic E-state index is 10.4. The van der Waals surface area contributed by atoms with E-state index in [4.69, 9.17) is 36.8 Å². The molecule has 0 aliphatic heterocycles. The molecular weight excluding hydrogens is 648 g/mol. The Bertz CT molecular complexity index is 522. The summed E-state index contributed by atoms with van der Waals surface area (Å²) in [5.41, 5.74) is -1.00. The third-order valence-electron chi connectivity index (χ3n) is 5.55. The number of hydrogen-bond donors (Lipinski definition) is 4. The second-order valence-electron chi connectivity index (χ2n) is 13.4. The van der Waals surface area contributed by atoms with Crippen LogP contribution in [0, 0.1) is 0 Å². The molecule has 10 nitrogen and oxygen atoms in total. The zero-order valence-electron chi connectivity index (χ0n) is 32.4. The molecule has 13 heteroatoms. The molecule has 0 radical (unpaired) electrons. The Balaban J connectivity index is -0.000000179. The molecule has 0 fully saturated rings. The Morgan fingerprint density at radius 2 is 0.489 bits per heavy atom. The first-order valence-electron chi connectivity index (χ1n) is 16.7. The summed E-state index contributed by atoms with van der Waals surface area (Å²) >= 11 is 0. The van der Waals surface area contributed by atoms with E-state index >= 15 is 0 Å². The molecule has 0 rings (SSSR count). The van der Waals surface area contributed by atoms with Gasteiger partial charge in [0.2, 0.25) is 0 Å². The maximum Gasteiger partial charge on any atom is 0.677 e. The Morgan fingerprint density at radius 1 is 0.400 bits per heavy atom. The molecule has 4 N–H and O–H groups in total. The van der Waals surface area contributed by atoms with Gasteiger partial charge >= 0.3 is 18.1 Å². The molecular formula is C32H76O10Si2Ti. The van der Waals surface area contributed by atoms with Crippen LogP contribution in [0.2, 0.25) is 0 Å². The van der Waals surface area contributed by atoms with E-state index in [-0.39, 0.29) is 58.3 Å². The van der Waals surface area contributed by atoms with Crippen LogP contribution in [0.1, 0.15) is 163 Å². The van der Waals surface area contributed by atoms with Crippen molar-refractivity contribution >= 4 is 18.1 Å². The van der Waals surface area contributed by atoms with Gasteiger partial charge in [-0.3, -0.25) is 0 Å². The predicted octanol–water partition coefficient (Wildman–Crippen LogP) is 7.27. The van der Waals surface area contributed by atoms with E-state index in [2.05, 4.69) is 0 Å². The standard InChI is InChI=1S/2C12H28O4Si.2C4H10O.Ti/c2*1-7-10(4)14-17(13,15-11(5)8-2)16-12(6)9-3;2*1-4(2,3)5;/h2*10-13H,7-9H2,1-6H3;2*5H,1-3H3;. The summed E-state index contributed by atoms with van der Waals surface area (Å²) in [7, 11) is -7.00. The van der Waals surface area contributed by atoms with Gasteiger partial charge in [0.05, 0.1) is 11.2 Å². The molecule has 0 aromatic heterocycles. The average Bonchev–Trinajstić information content (AvgIpc) is 2.85. The minimum Gasteiger partial charge on any atom is -0.391 e. The average molecular weight is 725 g/mol. The van der Waals surface area contributed by atoms with Gasteiger partial charge in [-0.05, 0) is 122 Å². The number of aliphatic hydroxyl groups is 2. The summed E-state index contributed by atoms with van der Waals surface area (Å²) in [4.78, 5) is 20.8. The maximum absolute atomic E-state index is 10.4. The van der Waals surface area contributed by atoms with Gasteiger partial charge in [0.25, 0.3) is 0 Å². The van der Waals surface area contributed by atoms with Gasteiger partial charge in [0, 0.05) is 58.3 Å². The van der Waals surface area contributed by atoms with E-state index in [1.807, 2.05) is 83.1 Å². The third kappa shape index (κ3) is 44.7. The second kappa shape index (κ2) is 28.6. The Hall–Kier alpha value is 0.748. The largest absolute Gasteiger partial charge is 0.677 e. The quantitative estimate of drug-likeness (QED) is 0.107.